The highest BCUT2D eigenvalue weighted by Gasteiger charge is 2.17. The van der Waals surface area contributed by atoms with E-state index >= 15 is 0 Å². The average Bonchev–Trinajstić information content (AvgIpc) is 2.26. The van der Waals surface area contributed by atoms with Crippen LogP contribution in [0.1, 0.15) is 28.8 Å². The van der Waals surface area contributed by atoms with Crippen LogP contribution in [0.15, 0.2) is 18.2 Å². The van der Waals surface area contributed by atoms with Crippen molar-refractivity contribution >= 4 is 17.4 Å². The monoisotopic (exact) mass is 224 g/mol. The van der Waals surface area contributed by atoms with Crippen LogP contribution >= 0.6 is 11.6 Å². The van der Waals surface area contributed by atoms with Gasteiger partial charge in [-0.25, -0.2) is 0 Å². The molecule has 2 rings (SSSR count). The van der Waals surface area contributed by atoms with Crippen molar-refractivity contribution in [3.8, 4) is 5.75 Å². The second kappa shape index (κ2) is 4.67. The number of rotatable bonds is 3. The number of benzene rings is 1. The van der Waals surface area contributed by atoms with Gasteiger partial charge in [0.05, 0.1) is 5.88 Å². The number of fused-ring (bicyclic) bond motifs is 1. The van der Waals surface area contributed by atoms with Gasteiger partial charge in [-0.15, -0.1) is 11.6 Å². The fraction of sp³-hybridized carbons (Fsp3) is 0.417. The molecule has 0 spiro atoms. The first-order valence-electron chi connectivity index (χ1n) is 5.16. The van der Waals surface area contributed by atoms with Crippen LogP contribution in [-0.2, 0) is 6.42 Å². The van der Waals surface area contributed by atoms with E-state index in [0.29, 0.717) is 18.9 Å². The van der Waals surface area contributed by atoms with Crippen LogP contribution in [0.25, 0.3) is 0 Å². The van der Waals surface area contributed by atoms with Crippen LogP contribution in [0.3, 0.4) is 0 Å². The Kier molecular flexibility index (Phi) is 3.27. The number of Topliss-reactive ketones (excluding diaryl/α,β-unsaturated/α-hetero) is 1. The van der Waals surface area contributed by atoms with Gasteiger partial charge in [-0.05, 0) is 36.6 Å². The van der Waals surface area contributed by atoms with Crippen LogP contribution < -0.4 is 4.74 Å². The molecule has 1 aliphatic carbocycles. The van der Waals surface area contributed by atoms with E-state index in [1.54, 1.807) is 0 Å². The van der Waals surface area contributed by atoms with E-state index in [4.69, 9.17) is 16.3 Å². The van der Waals surface area contributed by atoms with Crippen LogP contribution in [0.4, 0.5) is 0 Å². The van der Waals surface area contributed by atoms with Crippen molar-refractivity contribution in [3.63, 3.8) is 0 Å². The summed E-state index contributed by atoms with van der Waals surface area (Å²) < 4.78 is 5.41. The second-order valence-electron chi connectivity index (χ2n) is 3.63. The number of hydrogen-bond donors (Lipinski definition) is 0. The molecule has 1 aromatic carbocycles. The average molecular weight is 225 g/mol. The Labute approximate surface area is 94.2 Å². The highest BCUT2D eigenvalue weighted by Crippen LogP contribution is 2.25. The standard InChI is InChI=1S/C12H13ClO2/c13-6-7-15-10-4-5-11-9(8-10)2-1-3-12(11)14/h4-5,8H,1-3,6-7H2. The summed E-state index contributed by atoms with van der Waals surface area (Å²) in [6.45, 7) is 0.508. The predicted molar refractivity (Wildman–Crippen MR) is 59.9 cm³/mol. The molecule has 0 fully saturated rings. The minimum absolute atomic E-state index is 0.250. The molecule has 0 N–H and O–H groups in total. The van der Waals surface area contributed by atoms with Gasteiger partial charge in [0.1, 0.15) is 12.4 Å². The Balaban J connectivity index is 2.21. The van der Waals surface area contributed by atoms with Crippen LogP contribution in [-0.4, -0.2) is 18.3 Å². The molecule has 3 heteroatoms. The van der Waals surface area contributed by atoms with E-state index in [9.17, 15) is 4.79 Å². The van der Waals surface area contributed by atoms with Gasteiger partial charge in [0.15, 0.2) is 5.78 Å². The largest absolute Gasteiger partial charge is 0.492 e. The van der Waals surface area contributed by atoms with Crippen molar-refractivity contribution in [2.24, 2.45) is 0 Å². The molecule has 0 amide bonds. The van der Waals surface area contributed by atoms with Gasteiger partial charge >= 0.3 is 0 Å². The maximum absolute atomic E-state index is 11.5. The molecule has 0 saturated carbocycles. The molecule has 0 atom stereocenters. The molecular weight excluding hydrogens is 212 g/mol. The van der Waals surface area contributed by atoms with Gasteiger partial charge in [0.2, 0.25) is 0 Å². The lowest BCUT2D eigenvalue weighted by atomic mass is 9.91. The number of carbonyl (C=O) groups excluding carboxylic acids is 1. The number of halogens is 1. The first-order valence-corrected chi connectivity index (χ1v) is 5.69. The minimum Gasteiger partial charge on any atom is -0.492 e. The minimum atomic E-state index is 0.250. The topological polar surface area (TPSA) is 26.3 Å². The predicted octanol–water partition coefficient (Wildman–Crippen LogP) is 2.82. The van der Waals surface area contributed by atoms with Crippen molar-refractivity contribution in [2.45, 2.75) is 19.3 Å². The smallest absolute Gasteiger partial charge is 0.163 e. The molecule has 80 valence electrons. The lowest BCUT2D eigenvalue weighted by Crippen LogP contribution is -2.11. The van der Waals surface area contributed by atoms with Crippen LogP contribution in [0.5, 0.6) is 5.75 Å². The SMILES string of the molecule is O=C1CCCc2cc(OCCCl)ccc21. The van der Waals surface area contributed by atoms with E-state index < -0.39 is 0 Å². The Hall–Kier alpha value is -1.02. The normalized spacial score (nSPS) is 14.9. The van der Waals surface area contributed by atoms with Gasteiger partial charge in [-0.3, -0.25) is 4.79 Å². The highest BCUT2D eigenvalue weighted by atomic mass is 35.5. The Bertz CT molecular complexity index is 374. The van der Waals surface area contributed by atoms with Crippen molar-refractivity contribution in [3.05, 3.63) is 29.3 Å². The fourth-order valence-corrected chi connectivity index (χ4v) is 1.95. The van der Waals surface area contributed by atoms with Gasteiger partial charge in [-0.2, -0.15) is 0 Å². The summed E-state index contributed by atoms with van der Waals surface area (Å²) in [5, 5.41) is 0. The Morgan fingerprint density at radius 1 is 1.33 bits per heavy atom. The fourth-order valence-electron chi connectivity index (χ4n) is 1.87. The molecule has 15 heavy (non-hydrogen) atoms. The number of carbonyl (C=O) groups is 1. The van der Waals surface area contributed by atoms with E-state index in [-0.39, 0.29) is 5.78 Å². The third kappa shape index (κ3) is 2.32. The summed E-state index contributed by atoms with van der Waals surface area (Å²) >= 11 is 5.54. The molecule has 0 heterocycles. The van der Waals surface area contributed by atoms with Gasteiger partial charge in [0.25, 0.3) is 0 Å². The summed E-state index contributed by atoms with van der Waals surface area (Å²) in [5.41, 5.74) is 1.97. The zero-order valence-electron chi connectivity index (χ0n) is 8.46. The number of ether oxygens (including phenoxy) is 1. The van der Waals surface area contributed by atoms with Gasteiger partial charge < -0.3 is 4.74 Å². The molecule has 1 aromatic rings. The van der Waals surface area contributed by atoms with Crippen LogP contribution in [0.2, 0.25) is 0 Å². The Morgan fingerprint density at radius 2 is 2.20 bits per heavy atom. The van der Waals surface area contributed by atoms with E-state index in [1.165, 1.54) is 0 Å². The van der Waals surface area contributed by atoms with Crippen molar-refractivity contribution in [2.75, 3.05) is 12.5 Å². The van der Waals surface area contributed by atoms with E-state index in [0.717, 1.165) is 29.7 Å². The summed E-state index contributed by atoms with van der Waals surface area (Å²) in [6.07, 6.45) is 2.60. The third-order valence-electron chi connectivity index (χ3n) is 2.57. The van der Waals surface area contributed by atoms with Gasteiger partial charge in [0, 0.05) is 12.0 Å². The molecule has 0 radical (unpaired) electrons. The molecule has 1 aliphatic rings. The molecule has 0 unspecified atom stereocenters. The van der Waals surface area contributed by atoms with Gasteiger partial charge in [-0.1, -0.05) is 0 Å². The first kappa shape index (κ1) is 10.5. The van der Waals surface area contributed by atoms with Crippen molar-refractivity contribution in [1.29, 1.82) is 0 Å². The maximum atomic E-state index is 11.5. The van der Waals surface area contributed by atoms with E-state index in [2.05, 4.69) is 0 Å². The summed E-state index contributed by atoms with van der Waals surface area (Å²) in [4.78, 5) is 11.5. The summed E-state index contributed by atoms with van der Waals surface area (Å²) in [6, 6.07) is 5.66. The summed E-state index contributed by atoms with van der Waals surface area (Å²) in [7, 11) is 0. The third-order valence-corrected chi connectivity index (χ3v) is 2.73. The molecule has 2 nitrogen and oxygen atoms in total. The lowest BCUT2D eigenvalue weighted by molar-refractivity contribution is 0.0972. The van der Waals surface area contributed by atoms with Crippen molar-refractivity contribution < 1.29 is 9.53 Å². The maximum Gasteiger partial charge on any atom is 0.163 e. The quantitative estimate of drug-likeness (QED) is 0.738. The summed E-state index contributed by atoms with van der Waals surface area (Å²) in [5.74, 6) is 1.54. The zero-order chi connectivity index (χ0) is 10.7. The molecule has 0 aliphatic heterocycles. The molecule has 0 saturated heterocycles. The van der Waals surface area contributed by atoms with Crippen molar-refractivity contribution in [1.82, 2.24) is 0 Å². The lowest BCUT2D eigenvalue weighted by Gasteiger charge is -2.15. The molecule has 0 bridgehead atoms. The number of hydrogen-bond acceptors (Lipinski definition) is 2. The number of ketones is 1. The number of aryl methyl sites for hydroxylation is 1. The zero-order valence-corrected chi connectivity index (χ0v) is 9.22. The van der Waals surface area contributed by atoms with E-state index in [1.807, 2.05) is 18.2 Å². The van der Waals surface area contributed by atoms with Crippen LogP contribution in [0, 0.1) is 0 Å². The second-order valence-corrected chi connectivity index (χ2v) is 4.01. The first-order chi connectivity index (χ1) is 7.31. The number of alkyl halides is 1. The highest BCUT2D eigenvalue weighted by molar-refractivity contribution is 6.18. The molecular formula is C12H13ClO2. The Morgan fingerprint density at radius 3 is 3.00 bits per heavy atom. The molecule has 0 aromatic heterocycles.